The monoisotopic (exact) mass is 387 g/mol. The Kier molecular flexibility index (Phi) is 11.0. The minimum absolute atomic E-state index is 0.0233. The summed E-state index contributed by atoms with van der Waals surface area (Å²) in [6.45, 7) is 13.2. The third-order valence-corrected chi connectivity index (χ3v) is 5.52. The zero-order valence-electron chi connectivity index (χ0n) is 18.9. The first-order valence-corrected chi connectivity index (χ1v) is 10.9. The normalized spacial score (nSPS) is 21.1. The van der Waals surface area contributed by atoms with Gasteiger partial charge in [0.1, 0.15) is 0 Å². The van der Waals surface area contributed by atoms with Crippen LogP contribution in [-0.2, 0) is 9.53 Å². The fourth-order valence-electron chi connectivity index (χ4n) is 3.82. The van der Waals surface area contributed by atoms with Crippen molar-refractivity contribution in [2.24, 2.45) is 17.6 Å². The van der Waals surface area contributed by atoms with Crippen LogP contribution in [0.1, 0.15) is 86.5 Å². The second-order valence-corrected chi connectivity index (χ2v) is 8.33. The molecule has 0 spiro atoms. The molecule has 1 unspecified atom stereocenters. The zero-order chi connectivity index (χ0) is 21.1. The van der Waals surface area contributed by atoms with Crippen molar-refractivity contribution < 1.29 is 9.53 Å². The molecule has 0 heterocycles. The molecule has 158 valence electrons. The van der Waals surface area contributed by atoms with Crippen molar-refractivity contribution in [3.05, 3.63) is 46.4 Å². The van der Waals surface area contributed by atoms with Crippen LogP contribution in [-0.4, -0.2) is 12.4 Å². The highest BCUT2D eigenvalue weighted by Crippen LogP contribution is 2.35. The molecule has 0 aliphatic heterocycles. The van der Waals surface area contributed by atoms with Gasteiger partial charge in [-0.05, 0) is 85.5 Å². The number of hydrogen-bond acceptors (Lipinski definition) is 3. The summed E-state index contributed by atoms with van der Waals surface area (Å²) in [5, 5.41) is 0. The lowest BCUT2D eigenvalue weighted by atomic mass is 9.76. The number of carbonyl (C=O) groups is 1. The number of ketones is 1. The second kappa shape index (κ2) is 12.6. The van der Waals surface area contributed by atoms with Crippen LogP contribution in [0.2, 0.25) is 0 Å². The Balaban J connectivity index is 2.57. The number of rotatable bonds is 11. The van der Waals surface area contributed by atoms with Crippen molar-refractivity contribution in [3.63, 3.8) is 0 Å². The smallest absolute Gasteiger partial charge is 0.202 e. The molecule has 0 fully saturated rings. The van der Waals surface area contributed by atoms with Gasteiger partial charge in [-0.25, -0.2) is 0 Å². The van der Waals surface area contributed by atoms with Crippen molar-refractivity contribution in [2.75, 3.05) is 6.61 Å². The van der Waals surface area contributed by atoms with Crippen molar-refractivity contribution in [2.45, 2.75) is 86.5 Å². The van der Waals surface area contributed by atoms with E-state index in [0.29, 0.717) is 18.1 Å². The Morgan fingerprint density at radius 1 is 1.04 bits per heavy atom. The molecule has 0 aromatic carbocycles. The van der Waals surface area contributed by atoms with Gasteiger partial charge in [0.15, 0.2) is 5.76 Å². The Morgan fingerprint density at radius 2 is 1.64 bits per heavy atom. The first-order chi connectivity index (χ1) is 13.3. The lowest BCUT2D eigenvalue weighted by molar-refractivity contribution is -0.125. The van der Waals surface area contributed by atoms with Gasteiger partial charge in [-0.15, -0.1) is 0 Å². The van der Waals surface area contributed by atoms with Crippen LogP contribution in [0.15, 0.2) is 46.4 Å². The van der Waals surface area contributed by atoms with E-state index >= 15 is 0 Å². The first kappa shape index (κ1) is 24.3. The summed E-state index contributed by atoms with van der Waals surface area (Å²) < 4.78 is 5.51. The minimum Gasteiger partial charge on any atom is -0.488 e. The molecule has 3 nitrogen and oxygen atoms in total. The van der Waals surface area contributed by atoms with Crippen LogP contribution in [0.5, 0.6) is 0 Å². The summed E-state index contributed by atoms with van der Waals surface area (Å²) in [7, 11) is 0. The summed E-state index contributed by atoms with van der Waals surface area (Å²) in [5.41, 5.74) is 11.0. The third-order valence-electron chi connectivity index (χ3n) is 5.52. The standard InChI is InChI=1S/C25H41NO2/c1-7-22-21(17-23(26)25(24(22)27)28-8-2)16-15-20(6)14-10-13-19(5)12-9-11-18(3)4/h11,13,15,21-22H,7-10,12,14,16-17,26H2,1-6H3/b19-13+,20-15+/t21-,22?/m1/s1. The number of nitrogens with two attached hydrogens (primary N) is 1. The molecule has 2 N–H and O–H groups in total. The maximum absolute atomic E-state index is 12.7. The van der Waals surface area contributed by atoms with E-state index in [9.17, 15) is 4.79 Å². The summed E-state index contributed by atoms with van der Waals surface area (Å²) in [4.78, 5) is 12.7. The van der Waals surface area contributed by atoms with E-state index < -0.39 is 0 Å². The van der Waals surface area contributed by atoms with Gasteiger partial charge in [-0.2, -0.15) is 0 Å². The van der Waals surface area contributed by atoms with Crippen molar-refractivity contribution in [1.29, 1.82) is 0 Å². The van der Waals surface area contributed by atoms with E-state index in [1.54, 1.807) is 0 Å². The minimum atomic E-state index is 0.0233. The Hall–Kier alpha value is -1.77. The number of hydrogen-bond donors (Lipinski definition) is 1. The Bertz CT molecular complexity index is 633. The van der Waals surface area contributed by atoms with Gasteiger partial charge in [0.2, 0.25) is 5.78 Å². The average molecular weight is 388 g/mol. The van der Waals surface area contributed by atoms with Gasteiger partial charge in [-0.3, -0.25) is 4.79 Å². The molecule has 1 rings (SSSR count). The quantitative estimate of drug-likeness (QED) is 0.405. The highest BCUT2D eigenvalue weighted by atomic mass is 16.5. The Labute approximate surface area is 172 Å². The molecular formula is C25H41NO2. The highest BCUT2D eigenvalue weighted by molar-refractivity contribution is 5.97. The molecule has 0 saturated carbocycles. The molecule has 0 aromatic rings. The van der Waals surface area contributed by atoms with E-state index in [4.69, 9.17) is 10.5 Å². The van der Waals surface area contributed by atoms with E-state index in [1.165, 1.54) is 16.7 Å². The van der Waals surface area contributed by atoms with Crippen LogP contribution < -0.4 is 5.73 Å². The van der Waals surface area contributed by atoms with E-state index in [2.05, 4.69) is 52.8 Å². The Morgan fingerprint density at radius 3 is 2.21 bits per heavy atom. The SMILES string of the molecule is CCOC1=C(N)C[C@@H](C/C=C(\C)CC/C=C(\C)CCC=C(C)C)C(CC)C1=O. The summed E-state index contributed by atoms with van der Waals surface area (Å²) in [6.07, 6.45) is 13.9. The van der Waals surface area contributed by atoms with Gasteiger partial charge in [0.25, 0.3) is 0 Å². The first-order valence-electron chi connectivity index (χ1n) is 10.9. The lowest BCUT2D eigenvalue weighted by Gasteiger charge is -2.30. The highest BCUT2D eigenvalue weighted by Gasteiger charge is 2.35. The van der Waals surface area contributed by atoms with E-state index in [-0.39, 0.29) is 17.6 Å². The van der Waals surface area contributed by atoms with Crippen molar-refractivity contribution in [3.8, 4) is 0 Å². The van der Waals surface area contributed by atoms with Gasteiger partial charge < -0.3 is 10.5 Å². The van der Waals surface area contributed by atoms with Crippen LogP contribution in [0.4, 0.5) is 0 Å². The van der Waals surface area contributed by atoms with Gasteiger partial charge in [-0.1, -0.05) is 41.9 Å². The molecular weight excluding hydrogens is 346 g/mol. The predicted molar refractivity (Wildman–Crippen MR) is 120 cm³/mol. The fourth-order valence-corrected chi connectivity index (χ4v) is 3.82. The molecule has 0 radical (unpaired) electrons. The molecule has 28 heavy (non-hydrogen) atoms. The molecule has 1 aliphatic rings. The van der Waals surface area contributed by atoms with Crippen LogP contribution in [0.25, 0.3) is 0 Å². The predicted octanol–water partition coefficient (Wildman–Crippen LogP) is 6.62. The number of carbonyl (C=O) groups excluding carboxylic acids is 1. The maximum Gasteiger partial charge on any atom is 0.202 e. The lowest BCUT2D eigenvalue weighted by Crippen LogP contribution is -2.33. The molecule has 2 atom stereocenters. The molecule has 0 aromatic heterocycles. The topological polar surface area (TPSA) is 52.3 Å². The summed E-state index contributed by atoms with van der Waals surface area (Å²) in [6, 6.07) is 0. The van der Waals surface area contributed by atoms with Crippen molar-refractivity contribution in [1.82, 2.24) is 0 Å². The van der Waals surface area contributed by atoms with Crippen LogP contribution >= 0.6 is 0 Å². The second-order valence-electron chi connectivity index (χ2n) is 8.33. The van der Waals surface area contributed by atoms with Gasteiger partial charge >= 0.3 is 0 Å². The van der Waals surface area contributed by atoms with Crippen LogP contribution in [0, 0.1) is 11.8 Å². The molecule has 0 amide bonds. The number of ether oxygens (including phenoxy) is 1. The molecule has 0 saturated heterocycles. The zero-order valence-corrected chi connectivity index (χ0v) is 18.9. The van der Waals surface area contributed by atoms with Crippen LogP contribution in [0.3, 0.4) is 0 Å². The van der Waals surface area contributed by atoms with E-state index in [0.717, 1.165) is 44.9 Å². The van der Waals surface area contributed by atoms with Crippen molar-refractivity contribution >= 4 is 5.78 Å². The average Bonchev–Trinajstić information content (AvgIpc) is 2.63. The summed E-state index contributed by atoms with van der Waals surface area (Å²) >= 11 is 0. The molecule has 3 heteroatoms. The largest absolute Gasteiger partial charge is 0.488 e. The maximum atomic E-state index is 12.7. The third kappa shape index (κ3) is 8.08. The summed E-state index contributed by atoms with van der Waals surface area (Å²) in [5.74, 6) is 0.826. The number of Topliss-reactive ketones (excluding diaryl/α,β-unsaturated/α-hetero) is 1. The van der Waals surface area contributed by atoms with Gasteiger partial charge in [0, 0.05) is 5.92 Å². The van der Waals surface area contributed by atoms with Gasteiger partial charge in [0.05, 0.1) is 12.3 Å². The molecule has 1 aliphatic carbocycles. The molecule has 0 bridgehead atoms. The number of allylic oxidation sites excluding steroid dienone is 8. The van der Waals surface area contributed by atoms with E-state index in [1.807, 2.05) is 6.92 Å². The fraction of sp³-hybridized carbons (Fsp3) is 0.640.